The van der Waals surface area contributed by atoms with E-state index in [0.717, 1.165) is 17.3 Å². The van der Waals surface area contributed by atoms with Crippen LogP contribution < -0.4 is 9.84 Å². The molecule has 1 fully saturated rings. The van der Waals surface area contributed by atoms with Gasteiger partial charge < -0.3 is 4.72 Å². The fourth-order valence-electron chi connectivity index (χ4n) is 2.96. The van der Waals surface area contributed by atoms with Crippen molar-refractivity contribution in [2.75, 3.05) is 30.0 Å². The summed E-state index contributed by atoms with van der Waals surface area (Å²) >= 11 is 8.85. The minimum atomic E-state index is 0.352. The maximum absolute atomic E-state index is 13.0. The molecule has 2 aromatic carbocycles. The van der Waals surface area contributed by atoms with Crippen molar-refractivity contribution in [3.8, 4) is 0 Å². The predicted molar refractivity (Wildman–Crippen MR) is 124 cm³/mol. The second-order valence-electron chi connectivity index (χ2n) is 6.64. The zero-order valence-electron chi connectivity index (χ0n) is 16.2. The number of nitrogens with zero attached hydrogens (tertiary/aromatic N) is 3. The summed E-state index contributed by atoms with van der Waals surface area (Å²) in [4.78, 5) is 7.50. The van der Waals surface area contributed by atoms with Gasteiger partial charge in [-0.2, -0.15) is 0 Å². The molecule has 4 nitrogen and oxygen atoms in total. The van der Waals surface area contributed by atoms with Crippen molar-refractivity contribution < 1.29 is 4.48 Å². The van der Waals surface area contributed by atoms with Gasteiger partial charge in [-0.1, -0.05) is 41.9 Å². The van der Waals surface area contributed by atoms with Gasteiger partial charge in [0.2, 0.25) is 0 Å². The lowest BCUT2D eigenvalue weighted by Gasteiger charge is -2.13. The number of likely N-dealkylation sites (tertiary alicyclic amines) is 1. The molecule has 0 bridgehead atoms. The lowest BCUT2D eigenvalue weighted by atomic mass is 10.2. The lowest BCUT2D eigenvalue weighted by Crippen LogP contribution is -2.18. The third kappa shape index (κ3) is 7.19. The number of anilines is 2. The fraction of sp³-hybridized carbons (Fsp3) is 0.286. The monoisotopic (exact) mass is 450 g/mol. The summed E-state index contributed by atoms with van der Waals surface area (Å²) in [6.07, 6.45) is 2.76. The second-order valence-corrected chi connectivity index (χ2v) is 8.64. The van der Waals surface area contributed by atoms with Crippen LogP contribution in [-0.4, -0.2) is 30.0 Å². The first-order valence-electron chi connectivity index (χ1n) is 9.38. The third-order valence-corrected chi connectivity index (χ3v) is 6.09. The molecule has 1 saturated heterocycles. The molecule has 2 heterocycles. The quantitative estimate of drug-likeness (QED) is 0.341. The molecule has 0 amide bonds. The minimum Gasteiger partial charge on any atom is -0.310 e. The Balaban J connectivity index is 0.000000176. The van der Waals surface area contributed by atoms with E-state index in [-0.39, 0.29) is 0 Å². The standard InChI is InChI=1S/C11H15N.C10H9ClFN3S2/c1-2-6-11(7-3-1)10-12-8-4-5-9-12;1-15(12)9-3-2-7(4-8(9)11)17-14-10-5-16-6-13-10/h1-3,6-7H,4-5,8-10H2;2-6,14H,1H3. The summed E-state index contributed by atoms with van der Waals surface area (Å²) in [5.41, 5.74) is 3.54. The molecule has 8 heteroatoms. The first kappa shape index (κ1) is 21.9. The van der Waals surface area contributed by atoms with Crippen molar-refractivity contribution in [3.63, 3.8) is 0 Å². The summed E-state index contributed by atoms with van der Waals surface area (Å²) in [5.74, 6) is 0.794. The topological polar surface area (TPSA) is 31.4 Å². The Morgan fingerprint density at radius 2 is 1.97 bits per heavy atom. The Labute approximate surface area is 184 Å². The van der Waals surface area contributed by atoms with E-state index in [1.165, 1.54) is 61.8 Å². The highest BCUT2D eigenvalue weighted by molar-refractivity contribution is 8.00. The normalized spacial score (nSPS) is 13.6. The molecule has 0 aliphatic carbocycles. The molecule has 0 unspecified atom stereocenters. The summed E-state index contributed by atoms with van der Waals surface area (Å²) in [7, 11) is 1.31. The van der Waals surface area contributed by atoms with E-state index in [1.807, 2.05) is 5.38 Å². The molecule has 29 heavy (non-hydrogen) atoms. The van der Waals surface area contributed by atoms with E-state index in [4.69, 9.17) is 11.6 Å². The van der Waals surface area contributed by atoms with Crippen LogP contribution in [0.4, 0.5) is 16.0 Å². The van der Waals surface area contributed by atoms with Gasteiger partial charge in [0.05, 0.1) is 16.2 Å². The second kappa shape index (κ2) is 11.4. The van der Waals surface area contributed by atoms with Gasteiger partial charge in [-0.05, 0) is 61.6 Å². The van der Waals surface area contributed by atoms with Gasteiger partial charge in [0.1, 0.15) is 5.82 Å². The maximum Gasteiger partial charge on any atom is 0.147 e. The average Bonchev–Trinajstić information content (AvgIpc) is 3.42. The largest absolute Gasteiger partial charge is 0.310 e. The van der Waals surface area contributed by atoms with Crippen LogP contribution in [0.5, 0.6) is 0 Å². The zero-order chi connectivity index (χ0) is 20.5. The molecule has 1 aromatic heterocycles. The van der Waals surface area contributed by atoms with Crippen LogP contribution in [0.15, 0.2) is 64.3 Å². The van der Waals surface area contributed by atoms with Crippen LogP contribution in [0.2, 0.25) is 5.02 Å². The fourth-order valence-corrected chi connectivity index (χ4v) is 4.52. The predicted octanol–water partition coefficient (Wildman–Crippen LogP) is 6.52. The Kier molecular flexibility index (Phi) is 8.61. The summed E-state index contributed by atoms with van der Waals surface area (Å²) in [6.45, 7) is 3.71. The number of hydrogen-bond donors (Lipinski definition) is 1. The van der Waals surface area contributed by atoms with Crippen LogP contribution in [0.25, 0.3) is 0 Å². The van der Waals surface area contributed by atoms with Crippen molar-refractivity contribution in [3.05, 3.63) is 70.0 Å². The van der Waals surface area contributed by atoms with Gasteiger partial charge in [0.25, 0.3) is 0 Å². The highest BCUT2D eigenvalue weighted by Crippen LogP contribution is 2.30. The SMILES string of the molecule is CN(F)c1ccc(SNc2cscn2)cc1Cl.c1ccc(CN2CCCC2)cc1. The smallest absolute Gasteiger partial charge is 0.147 e. The molecule has 0 atom stereocenters. The maximum atomic E-state index is 13.0. The van der Waals surface area contributed by atoms with Crippen LogP contribution in [0, 0.1) is 0 Å². The van der Waals surface area contributed by atoms with Gasteiger partial charge in [-0.3, -0.25) is 4.90 Å². The number of nitrogens with one attached hydrogen (secondary N) is 1. The van der Waals surface area contributed by atoms with Gasteiger partial charge in [-0.25, -0.2) is 10.1 Å². The van der Waals surface area contributed by atoms with E-state index >= 15 is 0 Å². The summed E-state index contributed by atoms with van der Waals surface area (Å²) in [6, 6.07) is 15.9. The molecular weight excluding hydrogens is 427 g/mol. The average molecular weight is 451 g/mol. The van der Waals surface area contributed by atoms with E-state index < -0.39 is 0 Å². The van der Waals surface area contributed by atoms with Crippen molar-refractivity contribution in [1.82, 2.24) is 9.88 Å². The molecule has 1 N–H and O–H groups in total. The number of rotatable bonds is 6. The van der Waals surface area contributed by atoms with Crippen LogP contribution in [0.1, 0.15) is 18.4 Å². The van der Waals surface area contributed by atoms with Gasteiger partial charge >= 0.3 is 0 Å². The summed E-state index contributed by atoms with van der Waals surface area (Å²) < 4.78 is 16.0. The molecule has 1 aliphatic rings. The molecule has 0 spiro atoms. The number of halogens is 2. The van der Waals surface area contributed by atoms with E-state index in [1.54, 1.807) is 23.7 Å². The van der Waals surface area contributed by atoms with Crippen LogP contribution >= 0.6 is 34.9 Å². The van der Waals surface area contributed by atoms with Crippen molar-refractivity contribution in [2.45, 2.75) is 24.3 Å². The highest BCUT2D eigenvalue weighted by Gasteiger charge is 2.10. The number of benzene rings is 2. The van der Waals surface area contributed by atoms with Crippen LogP contribution in [-0.2, 0) is 6.54 Å². The Hall–Kier alpha value is -1.80. The van der Waals surface area contributed by atoms with Gasteiger partial charge in [0, 0.05) is 23.9 Å². The molecular formula is C21H24ClFN4S2. The summed E-state index contributed by atoms with van der Waals surface area (Å²) in [5, 5.41) is 2.77. The molecule has 3 aromatic rings. The Bertz CT molecular complexity index is 856. The molecule has 1 aliphatic heterocycles. The van der Waals surface area contributed by atoms with Crippen molar-refractivity contribution in [1.29, 1.82) is 0 Å². The number of hydrogen-bond acceptors (Lipinski definition) is 6. The molecule has 0 radical (unpaired) electrons. The first-order chi connectivity index (χ1) is 14.1. The number of thiazole rings is 1. The zero-order valence-corrected chi connectivity index (χ0v) is 18.6. The molecule has 4 rings (SSSR count). The minimum absolute atomic E-state index is 0.352. The van der Waals surface area contributed by atoms with E-state index in [0.29, 0.717) is 15.8 Å². The lowest BCUT2D eigenvalue weighted by molar-refractivity contribution is 0.331. The third-order valence-electron chi connectivity index (χ3n) is 4.40. The van der Waals surface area contributed by atoms with Crippen molar-refractivity contribution in [2.24, 2.45) is 0 Å². The van der Waals surface area contributed by atoms with E-state index in [9.17, 15) is 4.48 Å². The molecule has 0 saturated carbocycles. The van der Waals surface area contributed by atoms with E-state index in [2.05, 4.69) is 44.9 Å². The van der Waals surface area contributed by atoms with Gasteiger partial charge in [0.15, 0.2) is 0 Å². The highest BCUT2D eigenvalue weighted by atomic mass is 35.5. The first-order valence-corrected chi connectivity index (χ1v) is 11.5. The Morgan fingerprint density at radius 1 is 1.21 bits per heavy atom. The molecule has 154 valence electrons. The number of aromatic nitrogens is 1. The van der Waals surface area contributed by atoms with Gasteiger partial charge in [-0.15, -0.1) is 15.8 Å². The van der Waals surface area contributed by atoms with Crippen LogP contribution in [0.3, 0.4) is 0 Å². The Morgan fingerprint density at radius 3 is 2.59 bits per heavy atom. The van der Waals surface area contributed by atoms with Crippen molar-refractivity contribution >= 4 is 46.4 Å².